The molecule has 0 spiro atoms. The molecule has 2 aromatic carbocycles. The van der Waals surface area contributed by atoms with Crippen LogP contribution < -0.4 is 19.8 Å². The van der Waals surface area contributed by atoms with E-state index in [2.05, 4.69) is 65.3 Å². The first kappa shape index (κ1) is 22.9. The van der Waals surface area contributed by atoms with Crippen molar-refractivity contribution >= 4 is 50.3 Å². The second-order valence-corrected chi connectivity index (χ2v) is 9.40. The lowest BCUT2D eigenvalue weighted by atomic mass is 9.88. The molecule has 0 saturated heterocycles. The zero-order valence-electron chi connectivity index (χ0n) is 19.4. The number of hydrogen-bond donors (Lipinski definition) is 1. The average molecular weight is 512 g/mol. The zero-order valence-corrected chi connectivity index (χ0v) is 21.0. The second kappa shape index (κ2) is 8.59. The predicted octanol–water partition coefficient (Wildman–Crippen LogP) is 5.61. The zero-order chi connectivity index (χ0) is 23.9. The summed E-state index contributed by atoms with van der Waals surface area (Å²) in [5.74, 6) is 0.883. The molecule has 7 nitrogen and oxygen atoms in total. The van der Waals surface area contributed by atoms with Crippen LogP contribution in [0.5, 0.6) is 11.5 Å². The fourth-order valence-electron chi connectivity index (χ4n) is 4.04. The monoisotopic (exact) mass is 511 g/mol. The van der Waals surface area contributed by atoms with E-state index in [9.17, 15) is 4.79 Å². The summed E-state index contributed by atoms with van der Waals surface area (Å²) in [4.78, 5) is 14.8. The highest BCUT2D eigenvalue weighted by Gasteiger charge is 2.29. The van der Waals surface area contributed by atoms with Gasteiger partial charge in [-0.15, -0.1) is 0 Å². The molecular formula is C25H26BrN3O4. The number of rotatable bonds is 5. The summed E-state index contributed by atoms with van der Waals surface area (Å²) in [5, 5.41) is 4.89. The quantitative estimate of drug-likeness (QED) is 0.356. The maximum atomic E-state index is 12.6. The summed E-state index contributed by atoms with van der Waals surface area (Å²) in [6.07, 6.45) is 3.81. The van der Waals surface area contributed by atoms with Gasteiger partial charge in [0, 0.05) is 39.8 Å². The molecule has 8 heteroatoms. The molecule has 3 aromatic rings. The molecule has 172 valence electrons. The van der Waals surface area contributed by atoms with Crippen molar-refractivity contribution in [2.75, 3.05) is 26.2 Å². The molecule has 1 aliphatic heterocycles. The number of ether oxygens (including phenoxy) is 2. The lowest BCUT2D eigenvalue weighted by Gasteiger charge is -2.40. The number of carbonyl (C=O) groups excluding carboxylic acids is 1. The number of fused-ring (bicyclic) bond motifs is 2. The Labute approximate surface area is 201 Å². The molecule has 0 aliphatic carbocycles. The summed E-state index contributed by atoms with van der Waals surface area (Å²) < 4.78 is 17.5. The van der Waals surface area contributed by atoms with Gasteiger partial charge < -0.3 is 18.8 Å². The molecule has 1 aromatic heterocycles. The van der Waals surface area contributed by atoms with Gasteiger partial charge in [-0.1, -0.05) is 22.0 Å². The number of nitrogens with zero attached hydrogens (tertiary/aromatic N) is 2. The molecular weight excluding hydrogens is 486 g/mol. The van der Waals surface area contributed by atoms with E-state index in [4.69, 9.17) is 13.9 Å². The van der Waals surface area contributed by atoms with Crippen molar-refractivity contribution in [3.8, 4) is 11.5 Å². The summed E-state index contributed by atoms with van der Waals surface area (Å²) in [6, 6.07) is 9.31. The van der Waals surface area contributed by atoms with Crippen molar-refractivity contribution in [1.29, 1.82) is 0 Å². The number of likely N-dealkylation sites (N-methyl/N-ethyl adjacent to an activating group) is 1. The topological polar surface area (TPSA) is 76.3 Å². The molecule has 2 heterocycles. The van der Waals surface area contributed by atoms with Crippen molar-refractivity contribution in [2.24, 2.45) is 5.10 Å². The summed E-state index contributed by atoms with van der Waals surface area (Å²) in [7, 11) is 5.24. The highest BCUT2D eigenvalue weighted by Crippen LogP contribution is 2.41. The molecule has 0 radical (unpaired) electrons. The Kier molecular flexibility index (Phi) is 5.97. The molecule has 1 N–H and O–H groups in total. The fraction of sp³-hybridized carbons (Fsp3) is 0.280. The largest absolute Gasteiger partial charge is 0.496 e. The average Bonchev–Trinajstić information content (AvgIpc) is 3.20. The van der Waals surface area contributed by atoms with Gasteiger partial charge in [-0.2, -0.15) is 5.10 Å². The van der Waals surface area contributed by atoms with Crippen LogP contribution in [0.1, 0.15) is 42.5 Å². The van der Waals surface area contributed by atoms with Crippen LogP contribution in [0, 0.1) is 0 Å². The number of hydrazone groups is 1. The maximum Gasteiger partial charge on any atom is 0.307 e. The van der Waals surface area contributed by atoms with Gasteiger partial charge in [0.1, 0.15) is 5.75 Å². The minimum absolute atomic E-state index is 0.101. The van der Waals surface area contributed by atoms with Gasteiger partial charge in [-0.05, 0) is 50.6 Å². The Morgan fingerprint density at radius 1 is 1.15 bits per heavy atom. The normalized spacial score (nSPS) is 14.9. The molecule has 33 heavy (non-hydrogen) atoms. The first-order valence-corrected chi connectivity index (χ1v) is 11.2. The van der Waals surface area contributed by atoms with Crippen LogP contribution in [-0.4, -0.2) is 38.9 Å². The van der Waals surface area contributed by atoms with Gasteiger partial charge in [0.05, 0.1) is 26.0 Å². The Morgan fingerprint density at radius 3 is 2.58 bits per heavy atom. The number of furan rings is 1. The SMILES string of the molecule is COc1cc2c(cc1/C=N\NC(=O)c1cc3cc(Br)cc(OC)c3o1)C(C)=CC(C)(C)N2C. The summed E-state index contributed by atoms with van der Waals surface area (Å²) >= 11 is 3.43. The predicted molar refractivity (Wildman–Crippen MR) is 135 cm³/mol. The van der Waals surface area contributed by atoms with E-state index in [0.29, 0.717) is 17.1 Å². The summed E-state index contributed by atoms with van der Waals surface area (Å²) in [5.41, 5.74) is 7.04. The van der Waals surface area contributed by atoms with E-state index in [1.807, 2.05) is 18.2 Å². The van der Waals surface area contributed by atoms with Gasteiger partial charge in [-0.3, -0.25) is 4.79 Å². The molecule has 1 amide bonds. The van der Waals surface area contributed by atoms with Crippen LogP contribution in [0.2, 0.25) is 0 Å². The second-order valence-electron chi connectivity index (χ2n) is 8.49. The third-order valence-corrected chi connectivity index (χ3v) is 6.39. The number of anilines is 1. The third kappa shape index (κ3) is 4.23. The Bertz CT molecular complexity index is 1310. The molecule has 4 rings (SSSR count). The number of amides is 1. The van der Waals surface area contributed by atoms with Crippen LogP contribution in [-0.2, 0) is 0 Å². The molecule has 0 atom stereocenters. The molecule has 1 aliphatic rings. The highest BCUT2D eigenvalue weighted by atomic mass is 79.9. The first-order chi connectivity index (χ1) is 15.6. The minimum atomic E-state index is -0.463. The van der Waals surface area contributed by atoms with Crippen molar-refractivity contribution in [2.45, 2.75) is 26.3 Å². The fourth-order valence-corrected chi connectivity index (χ4v) is 4.49. The Hall–Kier alpha value is -3.26. The minimum Gasteiger partial charge on any atom is -0.496 e. The maximum absolute atomic E-state index is 12.6. The lowest BCUT2D eigenvalue weighted by molar-refractivity contribution is 0.0929. The van der Waals surface area contributed by atoms with Crippen molar-refractivity contribution in [3.63, 3.8) is 0 Å². The number of carbonyl (C=O) groups is 1. The first-order valence-electron chi connectivity index (χ1n) is 10.4. The van der Waals surface area contributed by atoms with Crippen LogP contribution in [0.25, 0.3) is 16.5 Å². The van der Waals surface area contributed by atoms with Gasteiger partial charge in [0.2, 0.25) is 0 Å². The highest BCUT2D eigenvalue weighted by molar-refractivity contribution is 9.10. The number of nitrogens with one attached hydrogen (secondary N) is 1. The van der Waals surface area contributed by atoms with E-state index < -0.39 is 5.91 Å². The number of hydrogen-bond acceptors (Lipinski definition) is 6. The molecule has 0 unspecified atom stereocenters. The number of benzene rings is 2. The van der Waals surface area contributed by atoms with Gasteiger partial charge >= 0.3 is 5.91 Å². The van der Waals surface area contributed by atoms with Crippen molar-refractivity contribution in [1.82, 2.24) is 5.43 Å². The van der Waals surface area contributed by atoms with Crippen molar-refractivity contribution < 1.29 is 18.7 Å². The molecule has 0 bridgehead atoms. The van der Waals surface area contributed by atoms with Crippen molar-refractivity contribution in [3.05, 3.63) is 57.8 Å². The Balaban J connectivity index is 1.59. The standard InChI is InChI=1S/C25H26BrN3O4/c1-14-12-25(2,3)29(4)19-11-20(31-5)16(8-18(14)19)13-27-28-24(30)22-9-15-7-17(26)10-21(32-6)23(15)33-22/h7-13H,1-6H3,(H,28,30)/b27-13-. The van der Waals surface area contributed by atoms with Gasteiger partial charge in [0.25, 0.3) is 0 Å². The lowest BCUT2D eigenvalue weighted by Crippen LogP contribution is -2.42. The third-order valence-electron chi connectivity index (χ3n) is 5.93. The number of halogens is 1. The molecule has 0 fully saturated rings. The van der Waals surface area contributed by atoms with E-state index in [0.717, 1.165) is 26.7 Å². The van der Waals surface area contributed by atoms with Crippen LogP contribution in [0.3, 0.4) is 0 Å². The van der Waals surface area contributed by atoms with Crippen LogP contribution in [0.4, 0.5) is 5.69 Å². The van der Waals surface area contributed by atoms with E-state index >= 15 is 0 Å². The number of allylic oxidation sites excluding steroid dienone is 1. The van der Waals surface area contributed by atoms with E-state index in [1.165, 1.54) is 5.57 Å². The van der Waals surface area contributed by atoms with Gasteiger partial charge in [0.15, 0.2) is 17.1 Å². The molecule has 0 saturated carbocycles. The van der Waals surface area contributed by atoms with Crippen LogP contribution in [0.15, 0.2) is 50.4 Å². The smallest absolute Gasteiger partial charge is 0.307 e. The van der Waals surface area contributed by atoms with Crippen LogP contribution >= 0.6 is 15.9 Å². The van der Waals surface area contributed by atoms with Gasteiger partial charge in [-0.25, -0.2) is 5.43 Å². The van der Waals surface area contributed by atoms with E-state index in [-0.39, 0.29) is 11.3 Å². The van der Waals surface area contributed by atoms with E-state index in [1.54, 1.807) is 32.6 Å². The Morgan fingerprint density at radius 2 is 1.88 bits per heavy atom. The number of methoxy groups -OCH3 is 2. The summed E-state index contributed by atoms with van der Waals surface area (Å²) in [6.45, 7) is 6.43.